The lowest BCUT2D eigenvalue weighted by Crippen LogP contribution is -2.66. The van der Waals surface area contributed by atoms with Crippen LogP contribution in [0.15, 0.2) is 30.3 Å². The topological polar surface area (TPSA) is 21.7 Å². The van der Waals surface area contributed by atoms with Crippen LogP contribution in [0.4, 0.5) is 0 Å². The van der Waals surface area contributed by atoms with Gasteiger partial charge in [-0.3, -0.25) is 0 Å². The van der Waals surface area contributed by atoms with E-state index in [4.69, 9.17) is 9.31 Å². The molecule has 0 aromatic heterocycles. The third-order valence-corrected chi connectivity index (χ3v) is 9.99. The maximum absolute atomic E-state index is 6.51. The monoisotopic (exact) mass is 331 g/mol. The number of rotatable bonds is 4. The molecule has 2 aliphatic rings. The Hall–Kier alpha value is -0.618. The second kappa shape index (κ2) is 6.03. The van der Waals surface area contributed by atoms with Crippen molar-refractivity contribution >= 4 is 19.8 Å². The van der Waals surface area contributed by atoms with Gasteiger partial charge in [0.25, 0.3) is 0 Å². The van der Waals surface area contributed by atoms with Crippen LogP contribution in [0.25, 0.3) is 0 Å². The lowest BCUT2D eigenvalue weighted by atomic mass is 9.90. The molecule has 0 spiro atoms. The average molecular weight is 331 g/mol. The SMILES string of the molecule is CC1(C)OB([Si](C)(CN2CCCC2)c2ccccc2)OC1(C)C. The Morgan fingerprint density at radius 2 is 1.52 bits per heavy atom. The summed E-state index contributed by atoms with van der Waals surface area (Å²) >= 11 is 0. The molecule has 2 heterocycles. The molecule has 1 unspecified atom stereocenters. The van der Waals surface area contributed by atoms with Gasteiger partial charge < -0.3 is 14.2 Å². The van der Waals surface area contributed by atoms with Gasteiger partial charge in [0, 0.05) is 0 Å². The van der Waals surface area contributed by atoms with Crippen LogP contribution >= 0.6 is 0 Å². The Balaban J connectivity index is 1.92. The van der Waals surface area contributed by atoms with Gasteiger partial charge in [0.05, 0.1) is 11.2 Å². The van der Waals surface area contributed by atoms with Crippen molar-refractivity contribution in [3.8, 4) is 0 Å². The molecule has 126 valence electrons. The van der Waals surface area contributed by atoms with Gasteiger partial charge >= 0.3 is 6.71 Å². The van der Waals surface area contributed by atoms with E-state index in [1.54, 1.807) is 0 Å². The van der Waals surface area contributed by atoms with Gasteiger partial charge in [-0.1, -0.05) is 42.1 Å². The summed E-state index contributed by atoms with van der Waals surface area (Å²) < 4.78 is 13.0. The minimum atomic E-state index is -1.95. The summed E-state index contributed by atoms with van der Waals surface area (Å²) in [5, 5.41) is 1.44. The standard InChI is InChI=1S/C18H30BNO2Si/c1-17(2)18(3,4)22-19(21-17)23(5,15-20-13-9-10-14-20)16-11-7-6-8-12-16/h6-8,11-12H,9-10,13-15H2,1-5H3. The highest BCUT2D eigenvalue weighted by molar-refractivity contribution is 7.34. The van der Waals surface area contributed by atoms with Gasteiger partial charge in [-0.15, -0.1) is 0 Å². The van der Waals surface area contributed by atoms with Crippen LogP contribution < -0.4 is 5.19 Å². The number of hydrogen-bond acceptors (Lipinski definition) is 3. The van der Waals surface area contributed by atoms with Crippen molar-refractivity contribution in [2.24, 2.45) is 0 Å². The van der Waals surface area contributed by atoms with Crippen molar-refractivity contribution in [1.82, 2.24) is 4.90 Å². The fourth-order valence-electron chi connectivity index (χ4n) is 3.63. The molecule has 3 nitrogen and oxygen atoms in total. The van der Waals surface area contributed by atoms with Gasteiger partial charge in [-0.25, -0.2) is 0 Å². The molecule has 0 amide bonds. The molecular weight excluding hydrogens is 301 g/mol. The first kappa shape index (κ1) is 17.2. The summed E-state index contributed by atoms with van der Waals surface area (Å²) in [7, 11) is -1.95. The maximum Gasteiger partial charge on any atom is 0.440 e. The molecule has 2 fully saturated rings. The van der Waals surface area contributed by atoms with Crippen LogP contribution in [-0.4, -0.2) is 50.0 Å². The second-order valence-electron chi connectivity index (χ2n) is 8.35. The summed E-state index contributed by atoms with van der Waals surface area (Å²) in [6, 6.07) is 10.9. The third kappa shape index (κ3) is 3.16. The lowest BCUT2D eigenvalue weighted by molar-refractivity contribution is 0.00578. The molecule has 0 radical (unpaired) electrons. The van der Waals surface area contributed by atoms with Crippen molar-refractivity contribution < 1.29 is 9.31 Å². The van der Waals surface area contributed by atoms with Crippen molar-refractivity contribution in [2.45, 2.75) is 58.3 Å². The molecule has 0 N–H and O–H groups in total. The highest BCUT2D eigenvalue weighted by Crippen LogP contribution is 2.39. The molecule has 2 saturated heterocycles. The largest absolute Gasteiger partial charge is 0.440 e. The van der Waals surface area contributed by atoms with E-state index in [0.717, 1.165) is 6.17 Å². The highest BCUT2D eigenvalue weighted by atomic mass is 28.3. The van der Waals surface area contributed by atoms with Gasteiger partial charge in [-0.05, 0) is 59.8 Å². The van der Waals surface area contributed by atoms with E-state index < -0.39 is 7.94 Å². The van der Waals surface area contributed by atoms with Crippen LogP contribution in [0.2, 0.25) is 6.55 Å². The van der Waals surface area contributed by atoms with Crippen LogP contribution in [-0.2, 0) is 9.31 Å². The predicted octanol–water partition coefficient (Wildman–Crippen LogP) is 2.78. The Morgan fingerprint density at radius 3 is 2.04 bits per heavy atom. The van der Waals surface area contributed by atoms with E-state index in [0.29, 0.717) is 0 Å². The fraction of sp³-hybridized carbons (Fsp3) is 0.667. The van der Waals surface area contributed by atoms with Crippen molar-refractivity contribution in [1.29, 1.82) is 0 Å². The number of benzene rings is 1. The molecular formula is C18H30BNO2Si. The molecule has 23 heavy (non-hydrogen) atoms. The number of nitrogens with zero attached hydrogens (tertiary/aromatic N) is 1. The zero-order chi connectivity index (χ0) is 16.7. The van der Waals surface area contributed by atoms with Crippen molar-refractivity contribution in [3.63, 3.8) is 0 Å². The molecule has 0 aliphatic carbocycles. The summed E-state index contributed by atoms with van der Waals surface area (Å²) in [5.41, 5.74) is -0.516. The van der Waals surface area contributed by atoms with Crippen molar-refractivity contribution in [3.05, 3.63) is 30.3 Å². The first-order valence-corrected chi connectivity index (χ1v) is 11.7. The molecule has 0 bridgehead atoms. The fourth-order valence-corrected chi connectivity index (χ4v) is 7.54. The Morgan fingerprint density at radius 1 is 1.00 bits per heavy atom. The van der Waals surface area contributed by atoms with E-state index in [-0.39, 0.29) is 17.9 Å². The zero-order valence-electron chi connectivity index (χ0n) is 15.3. The summed E-state index contributed by atoms with van der Waals surface area (Å²) in [6.07, 6.45) is 3.76. The van der Waals surface area contributed by atoms with Crippen LogP contribution in [0, 0.1) is 0 Å². The highest BCUT2D eigenvalue weighted by Gasteiger charge is 2.59. The molecule has 3 rings (SSSR count). The minimum absolute atomic E-state index is 0.0875. The zero-order valence-corrected chi connectivity index (χ0v) is 16.3. The summed E-state index contributed by atoms with van der Waals surface area (Å²) in [4.78, 5) is 2.62. The molecule has 0 saturated carbocycles. The van der Waals surface area contributed by atoms with Crippen molar-refractivity contribution in [2.75, 3.05) is 19.3 Å². The molecule has 5 heteroatoms. The first-order valence-electron chi connectivity index (χ1n) is 8.88. The Kier molecular flexibility index (Phi) is 4.51. The van der Waals surface area contributed by atoms with Gasteiger partial charge in [0.2, 0.25) is 0 Å². The van der Waals surface area contributed by atoms with E-state index in [9.17, 15) is 0 Å². The lowest BCUT2D eigenvalue weighted by Gasteiger charge is -2.34. The second-order valence-corrected chi connectivity index (χ2v) is 12.6. The van der Waals surface area contributed by atoms with E-state index in [1.165, 1.54) is 31.1 Å². The smallest absolute Gasteiger partial charge is 0.406 e. The number of hydrogen-bond donors (Lipinski definition) is 0. The van der Waals surface area contributed by atoms with Crippen LogP contribution in [0.1, 0.15) is 40.5 Å². The molecule has 1 aromatic rings. The minimum Gasteiger partial charge on any atom is -0.406 e. The van der Waals surface area contributed by atoms with Crippen LogP contribution in [0.3, 0.4) is 0 Å². The van der Waals surface area contributed by atoms with E-state index in [1.807, 2.05) is 0 Å². The maximum atomic E-state index is 6.51. The number of likely N-dealkylation sites (tertiary alicyclic amines) is 1. The third-order valence-electron chi connectivity index (χ3n) is 5.96. The molecule has 2 aliphatic heterocycles. The normalized spacial score (nSPS) is 26.4. The van der Waals surface area contributed by atoms with E-state index in [2.05, 4.69) is 69.5 Å². The van der Waals surface area contributed by atoms with E-state index >= 15 is 0 Å². The summed E-state index contributed by atoms with van der Waals surface area (Å²) in [6.45, 7) is 13.4. The Bertz CT molecular complexity index is 529. The quantitative estimate of drug-likeness (QED) is 0.792. The van der Waals surface area contributed by atoms with Gasteiger partial charge in [-0.2, -0.15) is 0 Å². The first-order chi connectivity index (χ1) is 10.7. The summed E-state index contributed by atoms with van der Waals surface area (Å²) in [5.74, 6) is 0. The molecule has 1 aromatic carbocycles. The van der Waals surface area contributed by atoms with Gasteiger partial charge in [0.15, 0.2) is 0 Å². The van der Waals surface area contributed by atoms with Crippen LogP contribution in [0.5, 0.6) is 0 Å². The Labute approximate surface area is 142 Å². The molecule has 1 atom stereocenters. The average Bonchev–Trinajstić information content (AvgIpc) is 3.06. The van der Waals surface area contributed by atoms with Gasteiger partial charge in [0.1, 0.15) is 7.94 Å². The predicted molar refractivity (Wildman–Crippen MR) is 99.5 cm³/mol.